The first-order chi connectivity index (χ1) is 10.6. The number of benzene rings is 1. The number of aliphatic carboxylic acids is 1. The predicted octanol–water partition coefficient (Wildman–Crippen LogP) is 2.27. The van der Waals surface area contributed by atoms with Crippen molar-refractivity contribution in [3.63, 3.8) is 0 Å². The van der Waals surface area contributed by atoms with Gasteiger partial charge >= 0.3 is 5.97 Å². The van der Waals surface area contributed by atoms with Gasteiger partial charge in [0, 0.05) is 20.3 Å². The van der Waals surface area contributed by atoms with Crippen LogP contribution in [0.3, 0.4) is 0 Å². The van der Waals surface area contributed by atoms with Gasteiger partial charge in [-0.05, 0) is 23.6 Å². The zero-order valence-corrected chi connectivity index (χ0v) is 12.5. The highest BCUT2D eigenvalue weighted by Crippen LogP contribution is 2.41. The molecular weight excluding hydrogens is 280 g/mol. The van der Waals surface area contributed by atoms with E-state index < -0.39 is 11.9 Å². The zero-order chi connectivity index (χ0) is 15.7. The van der Waals surface area contributed by atoms with Crippen LogP contribution in [0.15, 0.2) is 36.5 Å². The maximum atomic E-state index is 11.4. The molecule has 0 saturated carbocycles. The molecule has 22 heavy (non-hydrogen) atoms. The molecule has 0 aliphatic heterocycles. The van der Waals surface area contributed by atoms with Crippen molar-refractivity contribution in [2.75, 3.05) is 24.3 Å². The van der Waals surface area contributed by atoms with Crippen LogP contribution in [0.1, 0.15) is 29.5 Å². The first-order valence-electron chi connectivity index (χ1n) is 7.15. The molecular formula is C16H18N4O2. The molecule has 0 bridgehead atoms. The molecule has 1 aliphatic carbocycles. The van der Waals surface area contributed by atoms with Crippen LogP contribution in [-0.4, -0.2) is 35.1 Å². The molecule has 1 aliphatic rings. The van der Waals surface area contributed by atoms with E-state index in [0.717, 1.165) is 11.1 Å². The lowest BCUT2D eigenvalue weighted by Gasteiger charge is -2.16. The van der Waals surface area contributed by atoms with Crippen LogP contribution in [0.4, 0.5) is 11.8 Å². The SMILES string of the molecule is CN(C)c1nccc(NC2CC(C(=O)O)c3ccccc32)n1. The smallest absolute Gasteiger partial charge is 0.311 e. The molecule has 0 spiro atoms. The fourth-order valence-electron chi connectivity index (χ4n) is 2.83. The summed E-state index contributed by atoms with van der Waals surface area (Å²) in [4.78, 5) is 21.9. The van der Waals surface area contributed by atoms with Crippen LogP contribution in [0.5, 0.6) is 0 Å². The van der Waals surface area contributed by atoms with Gasteiger partial charge < -0.3 is 15.3 Å². The van der Waals surface area contributed by atoms with Crippen molar-refractivity contribution in [1.82, 2.24) is 9.97 Å². The minimum Gasteiger partial charge on any atom is -0.481 e. The summed E-state index contributed by atoms with van der Waals surface area (Å²) in [6.07, 6.45) is 2.22. The van der Waals surface area contributed by atoms with Crippen LogP contribution in [0, 0.1) is 0 Å². The lowest BCUT2D eigenvalue weighted by molar-refractivity contribution is -0.138. The zero-order valence-electron chi connectivity index (χ0n) is 12.5. The molecule has 1 aromatic heterocycles. The quantitative estimate of drug-likeness (QED) is 0.901. The van der Waals surface area contributed by atoms with Crippen LogP contribution >= 0.6 is 0 Å². The van der Waals surface area contributed by atoms with Crippen LogP contribution in [-0.2, 0) is 4.79 Å². The average Bonchev–Trinajstić information content (AvgIpc) is 2.87. The summed E-state index contributed by atoms with van der Waals surface area (Å²) in [5, 5.41) is 12.7. The largest absolute Gasteiger partial charge is 0.481 e. The number of hydrogen-bond donors (Lipinski definition) is 2. The number of fused-ring (bicyclic) bond motifs is 1. The molecule has 1 heterocycles. The monoisotopic (exact) mass is 298 g/mol. The first kappa shape index (κ1) is 14.3. The number of anilines is 2. The Bertz CT molecular complexity index is 702. The summed E-state index contributed by atoms with van der Waals surface area (Å²) in [6.45, 7) is 0. The van der Waals surface area contributed by atoms with E-state index in [4.69, 9.17) is 0 Å². The molecule has 0 saturated heterocycles. The normalized spacial score (nSPS) is 19.5. The number of aromatic nitrogens is 2. The molecule has 0 amide bonds. The Balaban J connectivity index is 1.88. The van der Waals surface area contributed by atoms with Crippen LogP contribution < -0.4 is 10.2 Å². The molecule has 1 aromatic carbocycles. The highest BCUT2D eigenvalue weighted by molar-refractivity contribution is 5.78. The van der Waals surface area contributed by atoms with Crippen molar-refractivity contribution in [2.24, 2.45) is 0 Å². The Kier molecular flexibility index (Phi) is 3.66. The van der Waals surface area contributed by atoms with E-state index >= 15 is 0 Å². The summed E-state index contributed by atoms with van der Waals surface area (Å²) in [5.41, 5.74) is 1.91. The molecule has 6 heteroatoms. The van der Waals surface area contributed by atoms with E-state index in [-0.39, 0.29) is 6.04 Å². The molecule has 0 radical (unpaired) electrons. The van der Waals surface area contributed by atoms with Crippen molar-refractivity contribution in [1.29, 1.82) is 0 Å². The molecule has 2 aromatic rings. The van der Waals surface area contributed by atoms with Crippen molar-refractivity contribution in [3.05, 3.63) is 47.7 Å². The molecule has 114 valence electrons. The summed E-state index contributed by atoms with van der Waals surface area (Å²) in [5.74, 6) is 0.0629. The van der Waals surface area contributed by atoms with Gasteiger partial charge in [-0.1, -0.05) is 24.3 Å². The topological polar surface area (TPSA) is 78.4 Å². The molecule has 3 rings (SSSR count). The van der Waals surface area contributed by atoms with E-state index in [2.05, 4.69) is 15.3 Å². The highest BCUT2D eigenvalue weighted by Gasteiger charge is 2.35. The summed E-state index contributed by atoms with van der Waals surface area (Å²) in [6, 6.07) is 9.42. The number of rotatable bonds is 4. The Morgan fingerprint density at radius 1 is 1.27 bits per heavy atom. The van der Waals surface area contributed by atoms with Gasteiger partial charge in [0.1, 0.15) is 5.82 Å². The van der Waals surface area contributed by atoms with Gasteiger partial charge in [0.05, 0.1) is 12.0 Å². The van der Waals surface area contributed by atoms with Gasteiger partial charge in [-0.25, -0.2) is 4.98 Å². The average molecular weight is 298 g/mol. The number of hydrogen-bond acceptors (Lipinski definition) is 5. The van der Waals surface area contributed by atoms with E-state index in [0.29, 0.717) is 18.2 Å². The first-order valence-corrected chi connectivity index (χ1v) is 7.15. The highest BCUT2D eigenvalue weighted by atomic mass is 16.4. The maximum Gasteiger partial charge on any atom is 0.311 e. The Hall–Kier alpha value is -2.63. The van der Waals surface area contributed by atoms with Gasteiger partial charge in [-0.3, -0.25) is 4.79 Å². The lowest BCUT2D eigenvalue weighted by atomic mass is 10.0. The number of nitrogens with one attached hydrogen (secondary N) is 1. The number of nitrogens with zero attached hydrogens (tertiary/aromatic N) is 3. The van der Waals surface area contributed by atoms with Crippen molar-refractivity contribution >= 4 is 17.7 Å². The minimum absolute atomic E-state index is 0.0535. The maximum absolute atomic E-state index is 11.4. The second-order valence-corrected chi connectivity index (χ2v) is 5.59. The molecule has 2 N–H and O–H groups in total. The number of carbonyl (C=O) groups is 1. The van der Waals surface area contributed by atoms with E-state index in [1.807, 2.05) is 43.3 Å². The van der Waals surface area contributed by atoms with Gasteiger partial charge in [0.2, 0.25) is 5.95 Å². The second-order valence-electron chi connectivity index (χ2n) is 5.59. The fourth-order valence-corrected chi connectivity index (χ4v) is 2.83. The third-order valence-corrected chi connectivity index (χ3v) is 3.88. The van der Waals surface area contributed by atoms with E-state index in [9.17, 15) is 9.90 Å². The molecule has 2 unspecified atom stereocenters. The Morgan fingerprint density at radius 2 is 2.00 bits per heavy atom. The summed E-state index contributed by atoms with van der Waals surface area (Å²) >= 11 is 0. The van der Waals surface area contributed by atoms with Crippen LogP contribution in [0.25, 0.3) is 0 Å². The van der Waals surface area contributed by atoms with E-state index in [1.54, 1.807) is 12.3 Å². The Morgan fingerprint density at radius 3 is 2.68 bits per heavy atom. The fraction of sp³-hybridized carbons (Fsp3) is 0.312. The van der Waals surface area contributed by atoms with Crippen LogP contribution in [0.2, 0.25) is 0 Å². The number of carboxylic acids is 1. The predicted molar refractivity (Wildman–Crippen MR) is 84.2 cm³/mol. The van der Waals surface area contributed by atoms with Gasteiger partial charge in [-0.15, -0.1) is 0 Å². The standard InChI is InChI=1S/C16H18N4O2/c1-20(2)16-17-8-7-14(19-16)18-13-9-12(15(21)22)10-5-3-4-6-11(10)13/h3-8,12-13H,9H2,1-2H3,(H,21,22)(H,17,18,19). The summed E-state index contributed by atoms with van der Waals surface area (Å²) < 4.78 is 0. The minimum atomic E-state index is -0.784. The molecule has 0 fully saturated rings. The lowest BCUT2D eigenvalue weighted by Crippen LogP contribution is -2.15. The van der Waals surface area contributed by atoms with Gasteiger partial charge in [0.25, 0.3) is 0 Å². The molecule has 2 atom stereocenters. The van der Waals surface area contributed by atoms with Crippen molar-refractivity contribution in [2.45, 2.75) is 18.4 Å². The van der Waals surface area contributed by atoms with Crippen molar-refractivity contribution in [3.8, 4) is 0 Å². The number of carboxylic acid groups (broad SMARTS) is 1. The van der Waals surface area contributed by atoms with E-state index in [1.165, 1.54) is 0 Å². The summed E-state index contributed by atoms with van der Waals surface area (Å²) in [7, 11) is 3.76. The third kappa shape index (κ3) is 2.59. The Labute approximate surface area is 128 Å². The van der Waals surface area contributed by atoms with Gasteiger partial charge in [-0.2, -0.15) is 4.98 Å². The van der Waals surface area contributed by atoms with Gasteiger partial charge in [0.15, 0.2) is 0 Å². The van der Waals surface area contributed by atoms with Crippen molar-refractivity contribution < 1.29 is 9.90 Å². The molecule has 6 nitrogen and oxygen atoms in total. The third-order valence-electron chi connectivity index (χ3n) is 3.88. The second kappa shape index (κ2) is 5.63.